The van der Waals surface area contributed by atoms with Crippen LogP contribution in [-0.4, -0.2) is 37.7 Å². The third-order valence-electron chi connectivity index (χ3n) is 1.79. The highest BCUT2D eigenvalue weighted by atomic mass is 31.2. The first-order valence-electron chi connectivity index (χ1n) is 3.45. The van der Waals surface area contributed by atoms with E-state index in [9.17, 15) is 9.13 Å². The Morgan fingerprint density at radius 3 is 1.92 bits per heavy atom. The molecule has 78 valence electrons. The topological polar surface area (TPSA) is 124 Å². The van der Waals surface area contributed by atoms with Crippen molar-refractivity contribution in [3.8, 4) is 0 Å². The minimum absolute atomic E-state index is 0.0277. The number of rotatable bonds is 2. The minimum Gasteiger partial charge on any atom is -0.365 e. The SMILES string of the molecule is O=P(O)(O)C1CCOC1P(=O)(O)O. The highest BCUT2D eigenvalue weighted by Gasteiger charge is 2.49. The molecule has 1 fully saturated rings. The quantitative estimate of drug-likeness (QED) is 0.471. The van der Waals surface area contributed by atoms with E-state index in [-0.39, 0.29) is 13.0 Å². The zero-order valence-electron chi connectivity index (χ0n) is 6.48. The van der Waals surface area contributed by atoms with Crippen molar-refractivity contribution in [2.45, 2.75) is 17.9 Å². The summed E-state index contributed by atoms with van der Waals surface area (Å²) in [5, 5.41) is 0. The maximum absolute atomic E-state index is 10.8. The number of hydrogen-bond donors (Lipinski definition) is 4. The van der Waals surface area contributed by atoms with E-state index in [1.54, 1.807) is 0 Å². The van der Waals surface area contributed by atoms with Crippen molar-refractivity contribution in [3.63, 3.8) is 0 Å². The van der Waals surface area contributed by atoms with Crippen LogP contribution in [0.4, 0.5) is 0 Å². The average Bonchev–Trinajstić information content (AvgIpc) is 2.27. The third-order valence-corrected chi connectivity index (χ3v) is 4.60. The van der Waals surface area contributed by atoms with Crippen molar-refractivity contribution in [1.82, 2.24) is 0 Å². The van der Waals surface area contributed by atoms with Crippen LogP contribution in [-0.2, 0) is 13.9 Å². The maximum atomic E-state index is 10.8. The summed E-state index contributed by atoms with van der Waals surface area (Å²) >= 11 is 0. The second kappa shape index (κ2) is 3.44. The lowest BCUT2D eigenvalue weighted by Crippen LogP contribution is -2.21. The van der Waals surface area contributed by atoms with Crippen molar-refractivity contribution in [3.05, 3.63) is 0 Å². The van der Waals surface area contributed by atoms with Crippen molar-refractivity contribution in [2.24, 2.45) is 0 Å². The van der Waals surface area contributed by atoms with Crippen molar-refractivity contribution >= 4 is 15.2 Å². The molecule has 0 aromatic heterocycles. The molecule has 9 heteroatoms. The molecule has 2 atom stereocenters. The molecule has 1 rings (SSSR count). The highest BCUT2D eigenvalue weighted by molar-refractivity contribution is 7.57. The van der Waals surface area contributed by atoms with Gasteiger partial charge in [-0.05, 0) is 6.42 Å². The van der Waals surface area contributed by atoms with Crippen molar-refractivity contribution in [1.29, 1.82) is 0 Å². The van der Waals surface area contributed by atoms with Crippen LogP contribution in [0.25, 0.3) is 0 Å². The van der Waals surface area contributed by atoms with E-state index in [1.165, 1.54) is 0 Å². The van der Waals surface area contributed by atoms with Gasteiger partial charge in [0, 0.05) is 6.61 Å². The molecule has 0 radical (unpaired) electrons. The van der Waals surface area contributed by atoms with Crippen LogP contribution in [0.2, 0.25) is 0 Å². The van der Waals surface area contributed by atoms with Crippen molar-refractivity contribution in [2.75, 3.05) is 6.61 Å². The van der Waals surface area contributed by atoms with Crippen molar-refractivity contribution < 1.29 is 33.4 Å². The molecule has 7 nitrogen and oxygen atoms in total. The van der Waals surface area contributed by atoms with Gasteiger partial charge in [-0.3, -0.25) is 9.13 Å². The van der Waals surface area contributed by atoms with E-state index in [4.69, 9.17) is 19.6 Å². The lowest BCUT2D eigenvalue weighted by Gasteiger charge is -2.19. The molecule has 1 saturated heterocycles. The molecule has 0 bridgehead atoms. The van der Waals surface area contributed by atoms with Gasteiger partial charge in [0.05, 0.1) is 0 Å². The Labute approximate surface area is 74.0 Å². The first-order valence-corrected chi connectivity index (χ1v) is 6.81. The van der Waals surface area contributed by atoms with Gasteiger partial charge in [0.2, 0.25) is 0 Å². The van der Waals surface area contributed by atoms with Crippen LogP contribution < -0.4 is 0 Å². The van der Waals surface area contributed by atoms with Crippen LogP contribution in [0.5, 0.6) is 0 Å². The summed E-state index contributed by atoms with van der Waals surface area (Å²) in [6, 6.07) is 0. The van der Waals surface area contributed by atoms with Gasteiger partial charge in [0.25, 0.3) is 0 Å². The van der Waals surface area contributed by atoms with Gasteiger partial charge < -0.3 is 24.3 Å². The smallest absolute Gasteiger partial charge is 0.355 e. The number of ether oxygens (including phenoxy) is 1. The second-order valence-corrected chi connectivity index (χ2v) is 6.32. The van der Waals surface area contributed by atoms with E-state index in [2.05, 4.69) is 4.74 Å². The molecule has 1 heterocycles. The summed E-state index contributed by atoms with van der Waals surface area (Å²) in [5.41, 5.74) is -1.38. The Hall–Kier alpha value is 0.260. The van der Waals surface area contributed by atoms with Crippen LogP contribution in [0.1, 0.15) is 6.42 Å². The fraction of sp³-hybridized carbons (Fsp3) is 1.00. The lowest BCUT2D eigenvalue weighted by atomic mass is 10.4. The molecular weight excluding hydrogens is 222 g/mol. The predicted molar refractivity (Wildman–Crippen MR) is 42.2 cm³/mol. The fourth-order valence-electron chi connectivity index (χ4n) is 1.22. The van der Waals surface area contributed by atoms with E-state index >= 15 is 0 Å². The Kier molecular flexibility index (Phi) is 3.00. The normalized spacial score (nSPS) is 30.8. The summed E-state index contributed by atoms with van der Waals surface area (Å²) in [6.45, 7) is -0.0362. The van der Waals surface area contributed by atoms with E-state index in [0.717, 1.165) is 0 Å². The van der Waals surface area contributed by atoms with Gasteiger partial charge in [-0.1, -0.05) is 0 Å². The minimum atomic E-state index is -4.58. The molecule has 0 amide bonds. The molecule has 2 unspecified atom stereocenters. The average molecular weight is 232 g/mol. The lowest BCUT2D eigenvalue weighted by molar-refractivity contribution is 0.138. The summed E-state index contributed by atoms with van der Waals surface area (Å²) < 4.78 is 26.1. The van der Waals surface area contributed by atoms with E-state index < -0.39 is 26.7 Å². The first-order chi connectivity index (χ1) is 5.73. The second-order valence-electron chi connectivity index (χ2n) is 2.80. The van der Waals surface area contributed by atoms with Gasteiger partial charge >= 0.3 is 15.2 Å². The zero-order chi connectivity index (χ0) is 10.3. The van der Waals surface area contributed by atoms with E-state index in [1.807, 2.05) is 0 Å². The number of hydrogen-bond acceptors (Lipinski definition) is 3. The molecule has 1 aliphatic heterocycles. The fourth-order valence-corrected chi connectivity index (χ4v) is 4.02. The van der Waals surface area contributed by atoms with Crippen LogP contribution >= 0.6 is 15.2 Å². The molecule has 1 aliphatic rings. The van der Waals surface area contributed by atoms with E-state index in [0.29, 0.717) is 0 Å². The molecule has 0 aliphatic carbocycles. The van der Waals surface area contributed by atoms with Crippen LogP contribution in [0, 0.1) is 0 Å². The molecule has 0 saturated carbocycles. The summed E-state index contributed by atoms with van der Waals surface area (Å²) in [6.07, 6.45) is -0.0277. The maximum Gasteiger partial charge on any atom is 0.355 e. The summed E-state index contributed by atoms with van der Waals surface area (Å²) in [5.74, 6) is -1.66. The summed E-state index contributed by atoms with van der Waals surface area (Å²) in [4.78, 5) is 34.9. The van der Waals surface area contributed by atoms with Crippen LogP contribution in [0.15, 0.2) is 0 Å². The van der Waals surface area contributed by atoms with Gasteiger partial charge in [-0.15, -0.1) is 0 Å². The zero-order valence-corrected chi connectivity index (χ0v) is 8.27. The molecule has 13 heavy (non-hydrogen) atoms. The Bertz CT molecular complexity index is 248. The summed E-state index contributed by atoms with van der Waals surface area (Å²) in [7, 11) is -9.06. The Morgan fingerprint density at radius 1 is 1.08 bits per heavy atom. The monoisotopic (exact) mass is 232 g/mol. The van der Waals surface area contributed by atoms with Gasteiger partial charge in [0.15, 0.2) is 5.85 Å². The largest absolute Gasteiger partial charge is 0.365 e. The van der Waals surface area contributed by atoms with Gasteiger partial charge in [-0.25, -0.2) is 0 Å². The predicted octanol–water partition coefficient (Wildman–Crippen LogP) is -0.543. The molecule has 0 aromatic carbocycles. The Balaban J connectivity index is 2.89. The first kappa shape index (κ1) is 11.3. The standard InChI is InChI=1S/C4H10O7P2/c5-12(6,7)3-1-2-11-4(3)13(8,9)10/h3-4H,1-2H2,(H2,5,6,7)(H2,8,9,10). The van der Waals surface area contributed by atoms with Gasteiger partial charge in [-0.2, -0.15) is 0 Å². The highest BCUT2D eigenvalue weighted by Crippen LogP contribution is 2.57. The molecule has 0 spiro atoms. The molecular formula is C4H10O7P2. The third kappa shape index (κ3) is 2.60. The molecule has 0 aromatic rings. The Morgan fingerprint density at radius 2 is 1.62 bits per heavy atom. The van der Waals surface area contributed by atoms with Crippen LogP contribution in [0.3, 0.4) is 0 Å². The van der Waals surface area contributed by atoms with Gasteiger partial charge in [0.1, 0.15) is 5.66 Å². The molecule has 4 N–H and O–H groups in total.